The molecule has 1 amide bonds. The standard InChI is InChI=1S/C24H21ClFN5O/c1-2-28-24(32)17-6-5-15(11-18(17)25)21-8-7-20(27)23(31-21)30-13-16-10-14-4-3-9-29-22(14)12-19(16)26/h3-12H,2,13,27H2,1H3,(H,28,32)(H,30,31). The number of hydrogen-bond donors (Lipinski definition) is 3. The van der Waals surface area contributed by atoms with E-state index in [0.29, 0.717) is 45.4 Å². The number of carbonyl (C=O) groups excluding carboxylic acids is 1. The highest BCUT2D eigenvalue weighted by molar-refractivity contribution is 6.34. The predicted molar refractivity (Wildman–Crippen MR) is 126 cm³/mol. The minimum absolute atomic E-state index is 0.203. The van der Waals surface area contributed by atoms with E-state index in [0.717, 1.165) is 10.9 Å². The summed E-state index contributed by atoms with van der Waals surface area (Å²) < 4.78 is 14.5. The van der Waals surface area contributed by atoms with E-state index >= 15 is 0 Å². The normalized spacial score (nSPS) is 10.8. The Bertz CT molecular complexity index is 1310. The van der Waals surface area contributed by atoms with Crippen LogP contribution in [0.1, 0.15) is 22.8 Å². The predicted octanol–water partition coefficient (Wildman–Crippen LogP) is 5.03. The number of nitrogens with one attached hydrogen (secondary N) is 2. The maximum Gasteiger partial charge on any atom is 0.252 e. The van der Waals surface area contributed by atoms with Crippen molar-refractivity contribution in [3.05, 3.63) is 82.8 Å². The lowest BCUT2D eigenvalue weighted by atomic mass is 10.1. The van der Waals surface area contributed by atoms with E-state index in [9.17, 15) is 9.18 Å². The average molecular weight is 450 g/mol. The lowest BCUT2D eigenvalue weighted by Gasteiger charge is -2.12. The number of amides is 1. The van der Waals surface area contributed by atoms with E-state index in [4.69, 9.17) is 17.3 Å². The van der Waals surface area contributed by atoms with Gasteiger partial charge in [0.2, 0.25) is 0 Å². The van der Waals surface area contributed by atoms with E-state index in [2.05, 4.69) is 20.6 Å². The maximum absolute atomic E-state index is 14.5. The number of halogens is 2. The van der Waals surface area contributed by atoms with Gasteiger partial charge in [0, 0.05) is 41.9 Å². The van der Waals surface area contributed by atoms with Crippen molar-refractivity contribution in [3.63, 3.8) is 0 Å². The number of benzene rings is 2. The molecule has 32 heavy (non-hydrogen) atoms. The van der Waals surface area contributed by atoms with Crippen molar-refractivity contribution >= 4 is 39.9 Å². The first-order chi connectivity index (χ1) is 15.5. The third-order valence-corrected chi connectivity index (χ3v) is 5.30. The van der Waals surface area contributed by atoms with Gasteiger partial charge in [0.25, 0.3) is 5.91 Å². The highest BCUT2D eigenvalue weighted by Gasteiger charge is 2.13. The van der Waals surface area contributed by atoms with Gasteiger partial charge in [-0.2, -0.15) is 0 Å². The topological polar surface area (TPSA) is 92.9 Å². The number of nitrogens with zero attached hydrogens (tertiary/aromatic N) is 2. The molecule has 0 radical (unpaired) electrons. The van der Waals surface area contributed by atoms with Crippen LogP contribution in [-0.2, 0) is 6.54 Å². The molecule has 0 aliphatic carbocycles. The van der Waals surface area contributed by atoms with Crippen LogP contribution in [0.15, 0.2) is 60.8 Å². The van der Waals surface area contributed by atoms with Gasteiger partial charge in [0.1, 0.15) is 11.6 Å². The number of carbonyl (C=O) groups is 1. The zero-order chi connectivity index (χ0) is 22.7. The second-order valence-electron chi connectivity index (χ2n) is 7.18. The quantitative estimate of drug-likeness (QED) is 0.383. The van der Waals surface area contributed by atoms with E-state index in [1.165, 1.54) is 6.07 Å². The molecule has 2 heterocycles. The summed E-state index contributed by atoms with van der Waals surface area (Å²) in [6, 6.07) is 15.5. The van der Waals surface area contributed by atoms with Crippen LogP contribution in [0, 0.1) is 5.82 Å². The monoisotopic (exact) mass is 449 g/mol. The van der Waals surface area contributed by atoms with E-state index < -0.39 is 0 Å². The largest absolute Gasteiger partial charge is 0.396 e. The first-order valence-electron chi connectivity index (χ1n) is 10.1. The van der Waals surface area contributed by atoms with Gasteiger partial charge in [-0.1, -0.05) is 23.7 Å². The number of aromatic nitrogens is 2. The van der Waals surface area contributed by atoms with E-state index in [-0.39, 0.29) is 18.3 Å². The fourth-order valence-electron chi connectivity index (χ4n) is 3.34. The number of nitrogen functional groups attached to an aromatic ring is 1. The van der Waals surface area contributed by atoms with Crippen molar-refractivity contribution < 1.29 is 9.18 Å². The molecular formula is C24H21ClFN5O. The summed E-state index contributed by atoms with van der Waals surface area (Å²) in [5, 5.41) is 7.02. The second kappa shape index (κ2) is 9.20. The molecule has 4 N–H and O–H groups in total. The number of rotatable bonds is 6. The summed E-state index contributed by atoms with van der Waals surface area (Å²) in [6.07, 6.45) is 1.63. The molecule has 0 saturated heterocycles. The molecule has 0 aliphatic heterocycles. The van der Waals surface area contributed by atoms with Crippen LogP contribution in [-0.4, -0.2) is 22.4 Å². The van der Waals surface area contributed by atoms with Crippen molar-refractivity contribution in [2.75, 3.05) is 17.6 Å². The van der Waals surface area contributed by atoms with Crippen molar-refractivity contribution in [2.24, 2.45) is 0 Å². The van der Waals surface area contributed by atoms with E-state index in [1.54, 1.807) is 42.6 Å². The molecule has 0 unspecified atom stereocenters. The molecule has 0 fully saturated rings. The van der Waals surface area contributed by atoms with Crippen LogP contribution < -0.4 is 16.4 Å². The molecule has 162 valence electrons. The van der Waals surface area contributed by atoms with Crippen molar-refractivity contribution in [1.29, 1.82) is 0 Å². The third kappa shape index (κ3) is 4.48. The summed E-state index contributed by atoms with van der Waals surface area (Å²) in [6.45, 7) is 2.56. The van der Waals surface area contributed by atoms with Gasteiger partial charge in [-0.25, -0.2) is 9.37 Å². The smallest absolute Gasteiger partial charge is 0.252 e. The summed E-state index contributed by atoms with van der Waals surface area (Å²) >= 11 is 6.31. The van der Waals surface area contributed by atoms with Gasteiger partial charge in [0.05, 0.1) is 27.5 Å². The Labute approximate surface area is 189 Å². The van der Waals surface area contributed by atoms with Crippen LogP contribution in [0.4, 0.5) is 15.9 Å². The minimum Gasteiger partial charge on any atom is -0.396 e. The van der Waals surface area contributed by atoms with Crippen molar-refractivity contribution in [1.82, 2.24) is 15.3 Å². The zero-order valence-corrected chi connectivity index (χ0v) is 18.1. The maximum atomic E-state index is 14.5. The molecule has 0 atom stereocenters. The lowest BCUT2D eigenvalue weighted by Crippen LogP contribution is -2.22. The molecule has 4 aromatic rings. The molecule has 0 spiro atoms. The molecule has 0 aliphatic rings. The van der Waals surface area contributed by atoms with Crippen LogP contribution in [0.25, 0.3) is 22.2 Å². The second-order valence-corrected chi connectivity index (χ2v) is 7.59. The van der Waals surface area contributed by atoms with Crippen LogP contribution >= 0.6 is 11.6 Å². The van der Waals surface area contributed by atoms with Gasteiger partial charge < -0.3 is 16.4 Å². The summed E-state index contributed by atoms with van der Waals surface area (Å²) in [4.78, 5) is 20.8. The first-order valence-corrected chi connectivity index (χ1v) is 10.5. The highest BCUT2D eigenvalue weighted by Crippen LogP contribution is 2.28. The Balaban J connectivity index is 1.58. The van der Waals surface area contributed by atoms with Crippen LogP contribution in [0.5, 0.6) is 0 Å². The minimum atomic E-state index is -0.355. The lowest BCUT2D eigenvalue weighted by molar-refractivity contribution is 0.0956. The van der Waals surface area contributed by atoms with Gasteiger partial charge in [-0.15, -0.1) is 0 Å². The van der Waals surface area contributed by atoms with Gasteiger partial charge >= 0.3 is 0 Å². The molecule has 4 rings (SSSR count). The Morgan fingerprint density at radius 2 is 2.00 bits per heavy atom. The number of hydrogen-bond acceptors (Lipinski definition) is 5. The van der Waals surface area contributed by atoms with Gasteiger partial charge in [-0.05, 0) is 43.3 Å². The van der Waals surface area contributed by atoms with Crippen molar-refractivity contribution in [3.8, 4) is 11.3 Å². The fourth-order valence-corrected chi connectivity index (χ4v) is 3.61. The summed E-state index contributed by atoms with van der Waals surface area (Å²) in [5.74, 6) is -0.160. The van der Waals surface area contributed by atoms with E-state index in [1.807, 2.05) is 19.1 Å². The fraction of sp³-hybridized carbons (Fsp3) is 0.125. The summed E-state index contributed by atoms with van der Waals surface area (Å²) in [7, 11) is 0. The first kappa shape index (κ1) is 21.5. The van der Waals surface area contributed by atoms with Crippen molar-refractivity contribution in [2.45, 2.75) is 13.5 Å². The summed E-state index contributed by atoms with van der Waals surface area (Å²) in [5.41, 5.74) is 9.33. The Kier molecular flexibility index (Phi) is 6.18. The molecular weight excluding hydrogens is 429 g/mol. The Morgan fingerprint density at radius 3 is 2.78 bits per heavy atom. The molecule has 6 nitrogen and oxygen atoms in total. The molecule has 0 bridgehead atoms. The van der Waals surface area contributed by atoms with Gasteiger partial charge in [0.15, 0.2) is 0 Å². The number of fused-ring (bicyclic) bond motifs is 1. The number of pyridine rings is 2. The average Bonchev–Trinajstić information content (AvgIpc) is 2.78. The number of nitrogens with two attached hydrogens (primary N) is 1. The Morgan fingerprint density at radius 1 is 1.16 bits per heavy atom. The third-order valence-electron chi connectivity index (χ3n) is 4.99. The van der Waals surface area contributed by atoms with Crippen LogP contribution in [0.2, 0.25) is 5.02 Å². The van der Waals surface area contributed by atoms with Gasteiger partial charge in [-0.3, -0.25) is 9.78 Å². The molecule has 2 aromatic carbocycles. The van der Waals surface area contributed by atoms with Crippen LogP contribution in [0.3, 0.4) is 0 Å². The Hall–Kier alpha value is -3.71. The molecule has 0 saturated carbocycles. The number of anilines is 2. The highest BCUT2D eigenvalue weighted by atomic mass is 35.5. The molecule has 2 aromatic heterocycles. The SMILES string of the molecule is CCNC(=O)c1ccc(-c2ccc(N)c(NCc3cc4cccnc4cc3F)n2)cc1Cl. The molecule has 8 heteroatoms. The zero-order valence-electron chi connectivity index (χ0n) is 17.3.